The van der Waals surface area contributed by atoms with Crippen molar-refractivity contribution >= 4 is 40.7 Å². The molecule has 154 valence electrons. The van der Waals surface area contributed by atoms with Crippen molar-refractivity contribution in [1.82, 2.24) is 5.32 Å². The zero-order chi connectivity index (χ0) is 20.4. The van der Waals surface area contributed by atoms with E-state index in [1.807, 2.05) is 0 Å². The number of epoxide rings is 1. The fraction of sp³-hybridized carbons (Fsp3) is 0.812. The molecule has 1 aliphatic carbocycles. The van der Waals surface area contributed by atoms with E-state index in [-0.39, 0.29) is 6.61 Å². The molecule has 4 N–H and O–H groups in total. The molecule has 0 aromatic carbocycles. The van der Waals surface area contributed by atoms with Crippen molar-refractivity contribution in [3.05, 3.63) is 12.7 Å². The maximum absolute atomic E-state index is 12.4. The van der Waals surface area contributed by atoms with Crippen molar-refractivity contribution in [3.8, 4) is 0 Å². The van der Waals surface area contributed by atoms with Crippen molar-refractivity contribution in [2.45, 2.75) is 59.0 Å². The molecule has 2 aliphatic heterocycles. The number of aliphatic hydroxyl groups excluding tert-OH is 3. The van der Waals surface area contributed by atoms with Gasteiger partial charge in [-0.3, -0.25) is 4.79 Å². The lowest BCUT2D eigenvalue weighted by Gasteiger charge is -2.50. The Labute approximate surface area is 171 Å². The second-order valence-electron chi connectivity index (χ2n) is 7.52. The molecule has 7 atom stereocenters. The zero-order valence-corrected chi connectivity index (χ0v) is 17.0. The number of hydrogen-bond acceptors (Lipinski definition) is 7. The van der Waals surface area contributed by atoms with Crippen LogP contribution in [-0.4, -0.2) is 79.6 Å². The van der Waals surface area contributed by atoms with Crippen molar-refractivity contribution in [2.75, 3.05) is 13.2 Å². The lowest BCUT2D eigenvalue weighted by Crippen LogP contribution is -2.73. The second-order valence-corrected chi connectivity index (χ2v) is 9.80. The first-order chi connectivity index (χ1) is 12.3. The number of aliphatic hydroxyl groups is 3. The van der Waals surface area contributed by atoms with E-state index in [1.165, 1.54) is 6.08 Å². The van der Waals surface area contributed by atoms with Crippen LogP contribution in [0.3, 0.4) is 0 Å². The number of carbonyl (C=O) groups is 1. The summed E-state index contributed by atoms with van der Waals surface area (Å²) in [6.45, 7) is 6.61. The molecule has 0 spiro atoms. The maximum atomic E-state index is 12.4. The smallest absolute Gasteiger partial charge is 0.272 e. The van der Waals surface area contributed by atoms with Crippen molar-refractivity contribution in [3.63, 3.8) is 0 Å². The second kappa shape index (κ2) is 6.68. The molecular formula is C16H22Cl3NO7. The minimum Gasteiger partial charge on any atom is -0.393 e. The van der Waals surface area contributed by atoms with Crippen LogP contribution in [0.4, 0.5) is 0 Å². The van der Waals surface area contributed by atoms with E-state index in [9.17, 15) is 20.1 Å². The van der Waals surface area contributed by atoms with Gasteiger partial charge in [0.1, 0.15) is 17.8 Å². The summed E-state index contributed by atoms with van der Waals surface area (Å²) in [5.74, 6) is -2.97. The van der Waals surface area contributed by atoms with E-state index in [0.717, 1.165) is 0 Å². The van der Waals surface area contributed by atoms with Crippen LogP contribution in [0, 0.1) is 5.92 Å². The van der Waals surface area contributed by atoms with E-state index in [1.54, 1.807) is 13.8 Å². The minimum atomic E-state index is -2.31. The molecule has 3 rings (SSSR count). The predicted molar refractivity (Wildman–Crippen MR) is 96.5 cm³/mol. The SMILES string of the molecule is C=C[C@@]1(NC(=O)C(Cl)(Cl)Cl)[C@H]([C@H]2COC(C)(C)O2)[C@H](O)[C@]2(CO)O[C@@H]2[C@H]1O. The first kappa shape index (κ1) is 21.5. The number of hydrogen-bond donors (Lipinski definition) is 4. The van der Waals surface area contributed by atoms with Crippen LogP contribution < -0.4 is 5.32 Å². The number of rotatable bonds is 4. The van der Waals surface area contributed by atoms with Gasteiger partial charge < -0.3 is 34.8 Å². The molecule has 1 saturated carbocycles. The third kappa shape index (κ3) is 3.29. The highest BCUT2D eigenvalue weighted by Crippen LogP contribution is 2.56. The molecule has 1 amide bonds. The Kier molecular flexibility index (Phi) is 5.33. The highest BCUT2D eigenvalue weighted by atomic mass is 35.6. The summed E-state index contributed by atoms with van der Waals surface area (Å²) in [5, 5.41) is 34.2. The molecule has 0 bridgehead atoms. The molecule has 0 radical (unpaired) electrons. The van der Waals surface area contributed by atoms with E-state index >= 15 is 0 Å². The van der Waals surface area contributed by atoms with Gasteiger partial charge in [-0.15, -0.1) is 6.58 Å². The Morgan fingerprint density at radius 1 is 1.30 bits per heavy atom. The topological polar surface area (TPSA) is 121 Å². The van der Waals surface area contributed by atoms with Crippen LogP contribution in [0.5, 0.6) is 0 Å². The zero-order valence-electron chi connectivity index (χ0n) is 14.7. The molecule has 27 heavy (non-hydrogen) atoms. The highest BCUT2D eigenvalue weighted by molar-refractivity contribution is 6.76. The lowest BCUT2D eigenvalue weighted by molar-refractivity contribution is -0.171. The summed E-state index contributed by atoms with van der Waals surface area (Å²) in [6, 6.07) is 0. The third-order valence-corrected chi connectivity index (χ3v) is 6.06. The molecule has 2 heterocycles. The number of amides is 1. The Morgan fingerprint density at radius 3 is 2.37 bits per heavy atom. The molecule has 3 aliphatic rings. The largest absolute Gasteiger partial charge is 0.393 e. The normalized spacial score (nSPS) is 45.9. The fourth-order valence-electron chi connectivity index (χ4n) is 4.14. The molecule has 0 aromatic rings. The standard InChI is InChI=1S/C16H22Cl3NO7/c1-4-14(20-12(24)16(17,18)19)8(7-5-25-13(2,3)26-7)9(22)15(6-21)11(27-15)10(14)23/h4,7-11,21-23H,1,5-6H2,2-3H3,(H,20,24)/t7-,8-,9+,10-,11-,14-,15+/m1/s1. The van der Waals surface area contributed by atoms with Crippen LogP contribution in [0.15, 0.2) is 12.7 Å². The Morgan fingerprint density at radius 2 is 1.93 bits per heavy atom. The Balaban J connectivity index is 2.04. The molecule has 0 unspecified atom stereocenters. The van der Waals surface area contributed by atoms with E-state index in [0.29, 0.717) is 0 Å². The monoisotopic (exact) mass is 445 g/mol. The van der Waals surface area contributed by atoms with E-state index in [4.69, 9.17) is 49.0 Å². The van der Waals surface area contributed by atoms with Crippen molar-refractivity contribution in [2.24, 2.45) is 5.92 Å². The molecule has 3 fully saturated rings. The van der Waals surface area contributed by atoms with Gasteiger partial charge in [-0.25, -0.2) is 0 Å². The quantitative estimate of drug-likeness (QED) is 0.273. The van der Waals surface area contributed by atoms with Crippen molar-refractivity contribution in [1.29, 1.82) is 0 Å². The summed E-state index contributed by atoms with van der Waals surface area (Å²) in [5.41, 5.74) is -3.04. The maximum Gasteiger partial charge on any atom is 0.272 e. The molecule has 2 saturated heterocycles. The van der Waals surface area contributed by atoms with Gasteiger partial charge in [0.25, 0.3) is 9.70 Å². The highest BCUT2D eigenvalue weighted by Gasteiger charge is 2.77. The number of nitrogens with one attached hydrogen (secondary N) is 1. The van der Waals surface area contributed by atoms with Gasteiger partial charge in [0.2, 0.25) is 0 Å². The molecule has 0 aromatic heterocycles. The van der Waals surface area contributed by atoms with Crippen LogP contribution >= 0.6 is 34.8 Å². The van der Waals surface area contributed by atoms with Crippen LogP contribution in [-0.2, 0) is 19.0 Å². The summed E-state index contributed by atoms with van der Waals surface area (Å²) < 4.78 is 14.6. The number of alkyl halides is 3. The van der Waals surface area contributed by atoms with Gasteiger partial charge in [0, 0.05) is 5.92 Å². The van der Waals surface area contributed by atoms with E-state index < -0.39 is 63.6 Å². The molecular weight excluding hydrogens is 425 g/mol. The van der Waals surface area contributed by atoms with Gasteiger partial charge in [-0.2, -0.15) is 0 Å². The summed E-state index contributed by atoms with van der Waals surface area (Å²) in [4.78, 5) is 12.4. The number of halogens is 3. The van der Waals surface area contributed by atoms with E-state index in [2.05, 4.69) is 11.9 Å². The predicted octanol–water partition coefficient (Wildman–Crippen LogP) is 0.0306. The Hall–Kier alpha value is -0.160. The number of fused-ring (bicyclic) bond motifs is 1. The first-order valence-electron chi connectivity index (χ1n) is 8.34. The number of carbonyl (C=O) groups excluding carboxylic acids is 1. The number of ether oxygens (including phenoxy) is 3. The van der Waals surface area contributed by atoms with Gasteiger partial charge >= 0.3 is 0 Å². The van der Waals surface area contributed by atoms with Gasteiger partial charge in [-0.05, 0) is 13.8 Å². The average Bonchev–Trinajstić information content (AvgIpc) is 3.23. The van der Waals surface area contributed by atoms with Crippen molar-refractivity contribution < 1.29 is 34.3 Å². The lowest BCUT2D eigenvalue weighted by atomic mass is 9.63. The molecule has 11 heteroatoms. The third-order valence-electron chi connectivity index (χ3n) is 5.54. The minimum absolute atomic E-state index is 0.0624. The van der Waals surface area contributed by atoms with Crippen LogP contribution in [0.1, 0.15) is 13.8 Å². The van der Waals surface area contributed by atoms with Gasteiger partial charge in [-0.1, -0.05) is 40.9 Å². The van der Waals surface area contributed by atoms with Crippen LogP contribution in [0.25, 0.3) is 0 Å². The van der Waals surface area contributed by atoms with Gasteiger partial charge in [0.05, 0.1) is 31.0 Å². The first-order valence-corrected chi connectivity index (χ1v) is 9.47. The fourth-order valence-corrected chi connectivity index (χ4v) is 4.28. The average molecular weight is 447 g/mol. The Bertz CT molecular complexity index is 642. The molecule has 8 nitrogen and oxygen atoms in total. The summed E-state index contributed by atoms with van der Waals surface area (Å²) in [6.07, 6.45) is -3.17. The summed E-state index contributed by atoms with van der Waals surface area (Å²) in [7, 11) is 0. The van der Waals surface area contributed by atoms with Gasteiger partial charge in [0.15, 0.2) is 5.79 Å². The van der Waals surface area contributed by atoms with Crippen LogP contribution in [0.2, 0.25) is 0 Å². The summed E-state index contributed by atoms with van der Waals surface area (Å²) >= 11 is 17.0.